The number of carbonyl (C=O) groups excluding carboxylic acids is 1. The molecule has 1 unspecified atom stereocenters. The predicted molar refractivity (Wildman–Crippen MR) is 57.6 cm³/mol. The minimum absolute atomic E-state index is 0.207. The van der Waals surface area contributed by atoms with Gasteiger partial charge in [0.25, 0.3) is 0 Å². The molecule has 1 aromatic rings. The molecule has 0 amide bonds. The van der Waals surface area contributed by atoms with Gasteiger partial charge in [-0.15, -0.1) is 0 Å². The Morgan fingerprint density at radius 2 is 2.33 bits per heavy atom. The van der Waals surface area contributed by atoms with Gasteiger partial charge >= 0.3 is 5.97 Å². The van der Waals surface area contributed by atoms with Crippen molar-refractivity contribution in [3.05, 3.63) is 34.9 Å². The Hall–Kier alpha value is -1.35. The number of aryl methyl sites for hydroxylation is 1. The van der Waals surface area contributed by atoms with Crippen LogP contribution in [0.25, 0.3) is 0 Å². The number of benzene rings is 1. The molecule has 0 fully saturated rings. The summed E-state index contributed by atoms with van der Waals surface area (Å²) in [5, 5.41) is 3.18. The van der Waals surface area contributed by atoms with Crippen LogP contribution in [0.1, 0.15) is 22.7 Å². The van der Waals surface area contributed by atoms with Crippen molar-refractivity contribution in [2.24, 2.45) is 0 Å². The van der Waals surface area contributed by atoms with E-state index in [0.29, 0.717) is 0 Å². The van der Waals surface area contributed by atoms with Gasteiger partial charge in [0, 0.05) is 6.54 Å². The highest BCUT2D eigenvalue weighted by Crippen LogP contribution is 2.25. The van der Waals surface area contributed by atoms with Gasteiger partial charge in [0.15, 0.2) is 0 Å². The van der Waals surface area contributed by atoms with Crippen molar-refractivity contribution < 1.29 is 9.53 Å². The molecule has 3 nitrogen and oxygen atoms in total. The molecule has 15 heavy (non-hydrogen) atoms. The van der Waals surface area contributed by atoms with Crippen molar-refractivity contribution in [2.75, 3.05) is 13.7 Å². The monoisotopic (exact) mass is 205 g/mol. The molecular formula is C12H15NO2. The Morgan fingerprint density at radius 1 is 1.53 bits per heavy atom. The van der Waals surface area contributed by atoms with Gasteiger partial charge in [0.2, 0.25) is 0 Å². The van der Waals surface area contributed by atoms with E-state index in [1.807, 2.05) is 12.1 Å². The van der Waals surface area contributed by atoms with Crippen LogP contribution in [0.15, 0.2) is 18.2 Å². The van der Waals surface area contributed by atoms with Gasteiger partial charge in [-0.25, -0.2) is 4.79 Å². The Labute approximate surface area is 89.4 Å². The first-order valence-corrected chi connectivity index (χ1v) is 5.13. The maximum absolute atomic E-state index is 11.6. The van der Waals surface area contributed by atoms with Gasteiger partial charge in [-0.3, -0.25) is 0 Å². The van der Waals surface area contributed by atoms with Gasteiger partial charge in [-0.2, -0.15) is 0 Å². The summed E-state index contributed by atoms with van der Waals surface area (Å²) in [4.78, 5) is 11.6. The zero-order chi connectivity index (χ0) is 10.8. The fraction of sp³-hybridized carbons (Fsp3) is 0.417. The SMILES string of the molecule is COC(=O)C1NCCc2c(C)cccc21. The van der Waals surface area contributed by atoms with Crippen LogP contribution in [-0.2, 0) is 16.0 Å². The average molecular weight is 205 g/mol. The second kappa shape index (κ2) is 4.03. The van der Waals surface area contributed by atoms with E-state index >= 15 is 0 Å². The van der Waals surface area contributed by atoms with Crippen LogP contribution in [-0.4, -0.2) is 19.6 Å². The molecule has 1 aliphatic rings. The predicted octanol–water partition coefficient (Wildman–Crippen LogP) is 1.35. The van der Waals surface area contributed by atoms with Crippen LogP contribution >= 0.6 is 0 Å². The first-order valence-electron chi connectivity index (χ1n) is 5.13. The highest BCUT2D eigenvalue weighted by atomic mass is 16.5. The van der Waals surface area contributed by atoms with Crippen molar-refractivity contribution in [1.82, 2.24) is 5.32 Å². The van der Waals surface area contributed by atoms with E-state index in [1.54, 1.807) is 0 Å². The molecule has 0 aromatic heterocycles. The van der Waals surface area contributed by atoms with Gasteiger partial charge in [-0.1, -0.05) is 18.2 Å². The lowest BCUT2D eigenvalue weighted by molar-refractivity contribution is -0.143. The van der Waals surface area contributed by atoms with Gasteiger partial charge in [-0.05, 0) is 30.0 Å². The molecule has 0 aliphatic carbocycles. The second-order valence-corrected chi connectivity index (χ2v) is 3.80. The number of hydrogen-bond acceptors (Lipinski definition) is 3. The summed E-state index contributed by atoms with van der Waals surface area (Å²) in [6.07, 6.45) is 0.982. The highest BCUT2D eigenvalue weighted by molar-refractivity contribution is 5.78. The lowest BCUT2D eigenvalue weighted by Gasteiger charge is -2.26. The van der Waals surface area contributed by atoms with Crippen molar-refractivity contribution in [2.45, 2.75) is 19.4 Å². The zero-order valence-electron chi connectivity index (χ0n) is 9.04. The maximum Gasteiger partial charge on any atom is 0.327 e. The smallest absolute Gasteiger partial charge is 0.327 e. The third-order valence-corrected chi connectivity index (χ3v) is 2.92. The largest absolute Gasteiger partial charge is 0.468 e. The topological polar surface area (TPSA) is 38.3 Å². The quantitative estimate of drug-likeness (QED) is 0.703. The van der Waals surface area contributed by atoms with Crippen molar-refractivity contribution in [3.63, 3.8) is 0 Å². The fourth-order valence-corrected chi connectivity index (χ4v) is 2.12. The molecule has 1 atom stereocenters. The van der Waals surface area contributed by atoms with Gasteiger partial charge in [0.05, 0.1) is 7.11 Å². The van der Waals surface area contributed by atoms with E-state index < -0.39 is 0 Å². The lowest BCUT2D eigenvalue weighted by Crippen LogP contribution is -2.36. The van der Waals surface area contributed by atoms with Crippen LogP contribution in [0.3, 0.4) is 0 Å². The molecule has 3 heteroatoms. The van der Waals surface area contributed by atoms with Crippen molar-refractivity contribution in [1.29, 1.82) is 0 Å². The fourth-order valence-electron chi connectivity index (χ4n) is 2.12. The molecule has 1 aromatic carbocycles. The molecule has 1 heterocycles. The van der Waals surface area contributed by atoms with E-state index in [2.05, 4.69) is 18.3 Å². The number of fused-ring (bicyclic) bond motifs is 1. The molecule has 1 N–H and O–H groups in total. The summed E-state index contributed by atoms with van der Waals surface area (Å²) in [5.41, 5.74) is 3.60. The summed E-state index contributed by atoms with van der Waals surface area (Å²) in [5.74, 6) is -0.207. The standard InChI is InChI=1S/C12H15NO2/c1-8-4-3-5-10-9(8)6-7-13-11(10)12(14)15-2/h3-5,11,13H,6-7H2,1-2H3. The number of methoxy groups -OCH3 is 1. The number of nitrogens with one attached hydrogen (secondary N) is 1. The average Bonchev–Trinajstić information content (AvgIpc) is 2.28. The van der Waals surface area contributed by atoms with Crippen LogP contribution in [0.2, 0.25) is 0 Å². The number of ether oxygens (including phenoxy) is 1. The Kier molecular flexibility index (Phi) is 2.73. The molecule has 0 saturated carbocycles. The molecule has 0 radical (unpaired) electrons. The summed E-state index contributed by atoms with van der Waals surface area (Å²) < 4.78 is 4.78. The number of carbonyl (C=O) groups is 1. The molecule has 0 bridgehead atoms. The minimum Gasteiger partial charge on any atom is -0.468 e. The number of rotatable bonds is 1. The Morgan fingerprint density at radius 3 is 3.07 bits per heavy atom. The van der Waals surface area contributed by atoms with Crippen LogP contribution in [0.4, 0.5) is 0 Å². The molecular weight excluding hydrogens is 190 g/mol. The van der Waals surface area contributed by atoms with Crippen LogP contribution in [0, 0.1) is 6.92 Å². The van der Waals surface area contributed by atoms with Gasteiger partial charge < -0.3 is 10.1 Å². The molecule has 80 valence electrons. The molecule has 1 aliphatic heterocycles. The van der Waals surface area contributed by atoms with E-state index in [-0.39, 0.29) is 12.0 Å². The number of esters is 1. The van der Waals surface area contributed by atoms with E-state index in [0.717, 1.165) is 18.5 Å². The van der Waals surface area contributed by atoms with Crippen molar-refractivity contribution >= 4 is 5.97 Å². The Balaban J connectivity index is 2.42. The number of hydrogen-bond donors (Lipinski definition) is 1. The first-order chi connectivity index (χ1) is 7.24. The molecule has 2 rings (SSSR count). The third kappa shape index (κ3) is 1.75. The lowest BCUT2D eigenvalue weighted by atomic mass is 9.91. The third-order valence-electron chi connectivity index (χ3n) is 2.92. The first kappa shape index (κ1) is 10.2. The van der Waals surface area contributed by atoms with E-state index in [4.69, 9.17) is 4.74 Å². The minimum atomic E-state index is -0.293. The zero-order valence-corrected chi connectivity index (χ0v) is 9.04. The van der Waals surface area contributed by atoms with Crippen LogP contribution in [0.5, 0.6) is 0 Å². The summed E-state index contributed by atoms with van der Waals surface area (Å²) in [6, 6.07) is 5.77. The molecule has 0 saturated heterocycles. The normalized spacial score (nSPS) is 19.5. The maximum atomic E-state index is 11.6. The second-order valence-electron chi connectivity index (χ2n) is 3.80. The van der Waals surface area contributed by atoms with Crippen molar-refractivity contribution in [3.8, 4) is 0 Å². The summed E-state index contributed by atoms with van der Waals surface area (Å²) in [6.45, 7) is 2.91. The highest BCUT2D eigenvalue weighted by Gasteiger charge is 2.27. The summed E-state index contributed by atoms with van der Waals surface area (Å²) >= 11 is 0. The molecule has 0 spiro atoms. The van der Waals surface area contributed by atoms with Crippen LogP contribution < -0.4 is 5.32 Å². The van der Waals surface area contributed by atoms with Gasteiger partial charge in [0.1, 0.15) is 6.04 Å². The van der Waals surface area contributed by atoms with E-state index in [9.17, 15) is 4.79 Å². The Bertz CT molecular complexity index is 387. The summed E-state index contributed by atoms with van der Waals surface area (Å²) in [7, 11) is 1.42. The van der Waals surface area contributed by atoms with E-state index in [1.165, 1.54) is 18.2 Å².